The van der Waals surface area contributed by atoms with E-state index in [9.17, 15) is 9.90 Å². The molecule has 30 heavy (non-hydrogen) atoms. The first-order valence-corrected chi connectivity index (χ1v) is 9.35. The minimum absolute atomic E-state index is 0.0921. The van der Waals surface area contributed by atoms with E-state index in [2.05, 4.69) is 15.0 Å². The van der Waals surface area contributed by atoms with Gasteiger partial charge in [0, 0.05) is 11.1 Å². The molecule has 4 aromatic rings. The Morgan fingerprint density at radius 1 is 0.800 bits per heavy atom. The molecule has 148 valence electrons. The number of ether oxygens (including phenoxy) is 1. The van der Waals surface area contributed by atoms with Gasteiger partial charge in [0.2, 0.25) is 0 Å². The van der Waals surface area contributed by atoms with Crippen molar-refractivity contribution in [3.63, 3.8) is 0 Å². The summed E-state index contributed by atoms with van der Waals surface area (Å²) < 4.78 is 4.81. The molecular formula is C24H19N3O3. The molecule has 0 aliphatic carbocycles. The van der Waals surface area contributed by atoms with E-state index in [0.717, 1.165) is 11.1 Å². The van der Waals surface area contributed by atoms with Crippen molar-refractivity contribution < 1.29 is 14.6 Å². The van der Waals surface area contributed by atoms with E-state index >= 15 is 0 Å². The highest BCUT2D eigenvalue weighted by Gasteiger charge is 2.15. The van der Waals surface area contributed by atoms with Crippen LogP contribution in [0, 0.1) is 6.92 Å². The van der Waals surface area contributed by atoms with Crippen LogP contribution in [0.15, 0.2) is 72.8 Å². The number of esters is 1. The van der Waals surface area contributed by atoms with Gasteiger partial charge in [-0.25, -0.2) is 19.7 Å². The number of aromatic nitrogens is 3. The van der Waals surface area contributed by atoms with Crippen LogP contribution in [0.25, 0.3) is 34.2 Å². The van der Waals surface area contributed by atoms with Crippen molar-refractivity contribution in [2.75, 3.05) is 7.11 Å². The van der Waals surface area contributed by atoms with Gasteiger partial charge in [-0.3, -0.25) is 0 Å². The van der Waals surface area contributed by atoms with Crippen LogP contribution in [-0.2, 0) is 4.74 Å². The molecule has 6 nitrogen and oxygen atoms in total. The third-order valence-electron chi connectivity index (χ3n) is 4.60. The molecule has 0 saturated carbocycles. The van der Waals surface area contributed by atoms with Crippen LogP contribution < -0.4 is 0 Å². The number of hydrogen-bond acceptors (Lipinski definition) is 6. The Labute approximate surface area is 173 Å². The van der Waals surface area contributed by atoms with Crippen molar-refractivity contribution in [1.29, 1.82) is 0 Å². The van der Waals surface area contributed by atoms with Crippen molar-refractivity contribution in [3.05, 3.63) is 83.9 Å². The molecule has 1 N–H and O–H groups in total. The monoisotopic (exact) mass is 397 g/mol. The predicted molar refractivity (Wildman–Crippen MR) is 114 cm³/mol. The standard InChI is InChI=1S/C24H19N3O3/c1-15-11-12-19(20(28)13-15)23-26-21(16-7-4-3-5-8-16)25-22(27-23)17-9-6-10-18(14-17)24(29)30-2/h3-14,28H,1-2H3. The van der Waals surface area contributed by atoms with E-state index in [4.69, 9.17) is 4.74 Å². The molecule has 0 fully saturated rings. The van der Waals surface area contributed by atoms with Gasteiger partial charge in [0.15, 0.2) is 17.5 Å². The zero-order chi connectivity index (χ0) is 21.1. The lowest BCUT2D eigenvalue weighted by atomic mass is 10.1. The number of hydrogen-bond donors (Lipinski definition) is 1. The first kappa shape index (κ1) is 19.3. The average Bonchev–Trinajstić information content (AvgIpc) is 2.79. The molecule has 6 heteroatoms. The topological polar surface area (TPSA) is 85.2 Å². The number of rotatable bonds is 4. The Morgan fingerprint density at radius 2 is 1.47 bits per heavy atom. The summed E-state index contributed by atoms with van der Waals surface area (Å²) in [4.78, 5) is 25.7. The molecule has 1 aromatic heterocycles. The van der Waals surface area contributed by atoms with Gasteiger partial charge in [-0.2, -0.15) is 0 Å². The highest BCUT2D eigenvalue weighted by Crippen LogP contribution is 2.30. The van der Waals surface area contributed by atoms with Gasteiger partial charge < -0.3 is 9.84 Å². The van der Waals surface area contributed by atoms with Gasteiger partial charge in [-0.05, 0) is 36.8 Å². The molecule has 0 radical (unpaired) electrons. The number of carbonyl (C=O) groups excluding carboxylic acids is 1. The van der Waals surface area contributed by atoms with E-state index in [1.54, 1.807) is 30.3 Å². The number of aromatic hydroxyl groups is 1. The number of methoxy groups -OCH3 is 1. The summed E-state index contributed by atoms with van der Waals surface area (Å²) >= 11 is 0. The van der Waals surface area contributed by atoms with Gasteiger partial charge in [0.05, 0.1) is 18.2 Å². The zero-order valence-electron chi connectivity index (χ0n) is 16.5. The summed E-state index contributed by atoms with van der Waals surface area (Å²) in [6.07, 6.45) is 0. The van der Waals surface area contributed by atoms with Crippen LogP contribution in [0.4, 0.5) is 0 Å². The number of carbonyl (C=O) groups is 1. The molecule has 0 aliphatic rings. The Hall–Kier alpha value is -4.06. The molecular weight excluding hydrogens is 378 g/mol. The van der Waals surface area contributed by atoms with Crippen molar-refractivity contribution in [2.24, 2.45) is 0 Å². The van der Waals surface area contributed by atoms with E-state index in [1.807, 2.05) is 49.4 Å². The first-order chi connectivity index (χ1) is 14.5. The van der Waals surface area contributed by atoms with Crippen LogP contribution in [0.2, 0.25) is 0 Å². The van der Waals surface area contributed by atoms with Crippen LogP contribution in [0.3, 0.4) is 0 Å². The predicted octanol–water partition coefficient (Wildman–Crippen LogP) is 4.67. The van der Waals surface area contributed by atoms with Crippen molar-refractivity contribution in [3.8, 4) is 39.9 Å². The minimum Gasteiger partial charge on any atom is -0.507 e. The van der Waals surface area contributed by atoms with Gasteiger partial charge in [0.1, 0.15) is 5.75 Å². The summed E-state index contributed by atoms with van der Waals surface area (Å²) in [5.41, 5.74) is 3.30. The minimum atomic E-state index is -0.439. The van der Waals surface area contributed by atoms with Crippen molar-refractivity contribution >= 4 is 5.97 Å². The molecule has 0 bridgehead atoms. The van der Waals surface area contributed by atoms with Crippen LogP contribution >= 0.6 is 0 Å². The smallest absolute Gasteiger partial charge is 0.337 e. The second-order valence-electron chi connectivity index (χ2n) is 6.77. The van der Waals surface area contributed by atoms with E-state index in [1.165, 1.54) is 7.11 Å². The fraction of sp³-hybridized carbons (Fsp3) is 0.0833. The average molecular weight is 397 g/mol. The molecule has 0 unspecified atom stereocenters. The van der Waals surface area contributed by atoms with Crippen LogP contribution in [0.1, 0.15) is 15.9 Å². The van der Waals surface area contributed by atoms with Crippen LogP contribution in [0.5, 0.6) is 5.75 Å². The fourth-order valence-electron chi connectivity index (χ4n) is 3.08. The molecule has 0 amide bonds. The van der Waals surface area contributed by atoms with Crippen molar-refractivity contribution in [1.82, 2.24) is 15.0 Å². The van der Waals surface area contributed by atoms with Gasteiger partial charge in [0.25, 0.3) is 0 Å². The maximum absolute atomic E-state index is 11.9. The Balaban J connectivity index is 1.91. The van der Waals surface area contributed by atoms with Gasteiger partial charge >= 0.3 is 5.97 Å². The first-order valence-electron chi connectivity index (χ1n) is 9.35. The Bertz CT molecular complexity index is 1220. The lowest BCUT2D eigenvalue weighted by molar-refractivity contribution is 0.0601. The molecule has 1 heterocycles. The molecule has 0 atom stereocenters. The second kappa shape index (κ2) is 8.13. The summed E-state index contributed by atoms with van der Waals surface area (Å²) in [5.74, 6) is 0.864. The summed E-state index contributed by atoms with van der Waals surface area (Å²) in [6, 6.07) is 21.8. The van der Waals surface area contributed by atoms with Crippen LogP contribution in [-0.4, -0.2) is 33.1 Å². The zero-order valence-corrected chi connectivity index (χ0v) is 16.5. The molecule has 0 spiro atoms. The number of phenols is 1. The Kier molecular flexibility index (Phi) is 5.22. The van der Waals surface area contributed by atoms with Crippen molar-refractivity contribution in [2.45, 2.75) is 6.92 Å². The van der Waals surface area contributed by atoms with Gasteiger partial charge in [-0.15, -0.1) is 0 Å². The van der Waals surface area contributed by atoms with E-state index < -0.39 is 5.97 Å². The third kappa shape index (κ3) is 3.89. The number of benzene rings is 3. The quantitative estimate of drug-likeness (QED) is 0.504. The second-order valence-corrected chi connectivity index (χ2v) is 6.77. The molecule has 4 rings (SSSR count). The van der Waals surface area contributed by atoms with E-state index in [-0.39, 0.29) is 5.75 Å². The Morgan fingerprint density at radius 3 is 2.17 bits per heavy atom. The SMILES string of the molecule is COC(=O)c1cccc(-c2nc(-c3ccccc3)nc(-c3ccc(C)cc3O)n2)c1. The molecule has 0 aliphatic heterocycles. The maximum Gasteiger partial charge on any atom is 0.337 e. The maximum atomic E-state index is 11.9. The lowest BCUT2D eigenvalue weighted by Crippen LogP contribution is -2.03. The highest BCUT2D eigenvalue weighted by atomic mass is 16.5. The number of aryl methyl sites for hydroxylation is 1. The molecule has 0 saturated heterocycles. The fourth-order valence-corrected chi connectivity index (χ4v) is 3.08. The number of phenolic OH excluding ortho intramolecular Hbond substituents is 1. The normalized spacial score (nSPS) is 10.6. The number of nitrogens with zero attached hydrogens (tertiary/aromatic N) is 3. The third-order valence-corrected chi connectivity index (χ3v) is 4.60. The summed E-state index contributed by atoms with van der Waals surface area (Å²) in [5, 5.41) is 10.5. The van der Waals surface area contributed by atoms with E-state index in [0.29, 0.717) is 34.2 Å². The highest BCUT2D eigenvalue weighted by molar-refractivity contribution is 5.90. The van der Waals surface area contributed by atoms with Gasteiger partial charge in [-0.1, -0.05) is 48.5 Å². The lowest BCUT2D eigenvalue weighted by Gasteiger charge is -2.10. The summed E-state index contributed by atoms with van der Waals surface area (Å²) in [6.45, 7) is 1.90. The largest absolute Gasteiger partial charge is 0.507 e. The molecule has 3 aromatic carbocycles. The summed E-state index contributed by atoms with van der Waals surface area (Å²) in [7, 11) is 1.34.